The van der Waals surface area contributed by atoms with Crippen molar-refractivity contribution >= 4 is 28.9 Å². The number of carbonyl (C=O) groups is 2. The van der Waals surface area contributed by atoms with E-state index in [2.05, 4.69) is 16.0 Å². The highest BCUT2D eigenvalue weighted by atomic mass is 16.3. The van der Waals surface area contributed by atoms with Gasteiger partial charge in [-0.05, 0) is 61.4 Å². The normalized spacial score (nSPS) is 10.3. The third-order valence-corrected chi connectivity index (χ3v) is 3.99. The zero-order valence-corrected chi connectivity index (χ0v) is 15.2. The van der Waals surface area contributed by atoms with E-state index in [-0.39, 0.29) is 24.1 Å². The molecule has 0 spiro atoms. The van der Waals surface area contributed by atoms with Crippen LogP contribution in [-0.4, -0.2) is 18.4 Å². The van der Waals surface area contributed by atoms with Crippen molar-refractivity contribution in [3.05, 3.63) is 77.7 Å². The summed E-state index contributed by atoms with van der Waals surface area (Å²) in [5.41, 5.74) is 4.24. The summed E-state index contributed by atoms with van der Waals surface area (Å²) in [6, 6.07) is 16.3. The van der Waals surface area contributed by atoms with Gasteiger partial charge in [-0.25, -0.2) is 0 Å². The minimum absolute atomic E-state index is 0.114. The lowest BCUT2D eigenvalue weighted by Gasteiger charge is -2.11. The van der Waals surface area contributed by atoms with Gasteiger partial charge >= 0.3 is 0 Å². The van der Waals surface area contributed by atoms with Crippen molar-refractivity contribution in [2.45, 2.75) is 13.8 Å². The number of carbonyl (C=O) groups excluding carboxylic acids is 2. The summed E-state index contributed by atoms with van der Waals surface area (Å²) in [4.78, 5) is 24.2. The smallest absolute Gasteiger partial charge is 0.291 e. The number of hydrogen-bond donors (Lipinski definition) is 3. The van der Waals surface area contributed by atoms with Gasteiger partial charge in [-0.2, -0.15) is 0 Å². The summed E-state index contributed by atoms with van der Waals surface area (Å²) in [6.45, 7) is 4.05. The molecule has 6 nitrogen and oxygen atoms in total. The van der Waals surface area contributed by atoms with Crippen molar-refractivity contribution in [1.29, 1.82) is 0 Å². The van der Waals surface area contributed by atoms with Gasteiger partial charge in [0, 0.05) is 17.1 Å². The Morgan fingerprint density at radius 2 is 1.74 bits per heavy atom. The fourth-order valence-corrected chi connectivity index (χ4v) is 2.55. The van der Waals surface area contributed by atoms with Gasteiger partial charge in [-0.1, -0.05) is 18.2 Å². The molecule has 3 rings (SSSR count). The molecule has 0 atom stereocenters. The van der Waals surface area contributed by atoms with Crippen molar-refractivity contribution in [2.24, 2.45) is 0 Å². The van der Waals surface area contributed by atoms with Gasteiger partial charge in [-0.15, -0.1) is 0 Å². The van der Waals surface area contributed by atoms with E-state index in [1.165, 1.54) is 6.26 Å². The van der Waals surface area contributed by atoms with Gasteiger partial charge in [0.25, 0.3) is 5.91 Å². The lowest BCUT2D eigenvalue weighted by Crippen LogP contribution is -2.22. The molecule has 2 aromatic carbocycles. The molecular formula is C21H21N3O3. The molecule has 1 heterocycles. The molecule has 0 aliphatic heterocycles. The van der Waals surface area contributed by atoms with Gasteiger partial charge in [0.15, 0.2) is 5.76 Å². The van der Waals surface area contributed by atoms with Crippen LogP contribution < -0.4 is 16.0 Å². The molecule has 3 aromatic rings. The number of furan rings is 1. The highest BCUT2D eigenvalue weighted by Gasteiger charge is 2.09. The molecule has 0 aliphatic rings. The first-order valence-electron chi connectivity index (χ1n) is 8.57. The predicted octanol–water partition coefficient (Wildman–Crippen LogP) is 4.20. The number of nitrogens with one attached hydrogen (secondary N) is 3. The average Bonchev–Trinajstić information content (AvgIpc) is 3.18. The van der Waals surface area contributed by atoms with Crippen molar-refractivity contribution in [3.63, 3.8) is 0 Å². The zero-order valence-electron chi connectivity index (χ0n) is 15.2. The van der Waals surface area contributed by atoms with Crippen LogP contribution in [0.3, 0.4) is 0 Å². The summed E-state index contributed by atoms with van der Waals surface area (Å²) < 4.78 is 5.07. The van der Waals surface area contributed by atoms with E-state index in [1.54, 1.807) is 30.3 Å². The lowest BCUT2D eigenvalue weighted by molar-refractivity contribution is -0.114. The van der Waals surface area contributed by atoms with E-state index in [0.717, 1.165) is 22.5 Å². The molecule has 3 N–H and O–H groups in total. The fourth-order valence-electron chi connectivity index (χ4n) is 2.55. The van der Waals surface area contributed by atoms with Crippen molar-refractivity contribution < 1.29 is 14.0 Å². The molecule has 1 aromatic heterocycles. The van der Waals surface area contributed by atoms with Crippen LogP contribution in [0.15, 0.2) is 65.3 Å². The third-order valence-electron chi connectivity index (χ3n) is 3.99. The molecule has 138 valence electrons. The van der Waals surface area contributed by atoms with Crippen LogP contribution in [-0.2, 0) is 4.79 Å². The number of anilines is 3. The topological polar surface area (TPSA) is 83.4 Å². The van der Waals surface area contributed by atoms with Crippen molar-refractivity contribution in [1.82, 2.24) is 0 Å². The maximum Gasteiger partial charge on any atom is 0.291 e. The molecule has 0 radical (unpaired) electrons. The Morgan fingerprint density at radius 1 is 0.926 bits per heavy atom. The van der Waals surface area contributed by atoms with Crippen LogP contribution in [0.25, 0.3) is 0 Å². The summed E-state index contributed by atoms with van der Waals surface area (Å²) in [7, 11) is 0. The number of aryl methyl sites for hydroxylation is 2. The van der Waals surface area contributed by atoms with Crippen molar-refractivity contribution in [3.8, 4) is 0 Å². The van der Waals surface area contributed by atoms with Crippen molar-refractivity contribution in [2.75, 3.05) is 22.5 Å². The van der Waals surface area contributed by atoms with Crippen LogP contribution >= 0.6 is 0 Å². The Morgan fingerprint density at radius 3 is 2.52 bits per heavy atom. The molecule has 27 heavy (non-hydrogen) atoms. The van der Waals surface area contributed by atoms with Crippen LogP contribution in [0.2, 0.25) is 0 Å². The largest absolute Gasteiger partial charge is 0.459 e. The fraction of sp³-hybridized carbons (Fsp3) is 0.143. The maximum atomic E-state index is 12.2. The summed E-state index contributed by atoms with van der Waals surface area (Å²) in [5, 5.41) is 8.72. The first kappa shape index (κ1) is 18.3. The number of benzene rings is 2. The van der Waals surface area contributed by atoms with Gasteiger partial charge in [0.1, 0.15) is 0 Å². The monoisotopic (exact) mass is 363 g/mol. The molecule has 0 unspecified atom stereocenters. The van der Waals surface area contributed by atoms with Crippen LogP contribution in [0.4, 0.5) is 17.1 Å². The number of amides is 2. The quantitative estimate of drug-likeness (QED) is 0.613. The Kier molecular flexibility index (Phi) is 5.56. The Hall–Kier alpha value is -3.54. The Bertz CT molecular complexity index is 949. The van der Waals surface area contributed by atoms with Crippen LogP contribution in [0.5, 0.6) is 0 Å². The SMILES string of the molecule is Cc1ccc(C)c(NC(=O)CNc2cccc(NC(=O)c3ccco3)c2)c1. The highest BCUT2D eigenvalue weighted by molar-refractivity contribution is 6.02. The number of hydrogen-bond acceptors (Lipinski definition) is 4. The van der Waals surface area contributed by atoms with Crippen LogP contribution in [0, 0.1) is 13.8 Å². The summed E-state index contributed by atoms with van der Waals surface area (Å²) >= 11 is 0. The van der Waals surface area contributed by atoms with E-state index in [1.807, 2.05) is 38.1 Å². The van der Waals surface area contributed by atoms with Gasteiger partial charge in [0.2, 0.25) is 5.91 Å². The second kappa shape index (κ2) is 8.23. The minimum Gasteiger partial charge on any atom is -0.459 e. The van der Waals surface area contributed by atoms with Gasteiger partial charge in [-0.3, -0.25) is 9.59 Å². The zero-order chi connectivity index (χ0) is 19.2. The molecule has 6 heteroatoms. The summed E-state index contributed by atoms with van der Waals surface area (Å²) in [5.74, 6) is -0.236. The van der Waals surface area contributed by atoms with E-state index >= 15 is 0 Å². The van der Waals surface area contributed by atoms with Crippen LogP contribution in [0.1, 0.15) is 21.7 Å². The van der Waals surface area contributed by atoms with E-state index in [0.29, 0.717) is 5.69 Å². The first-order valence-corrected chi connectivity index (χ1v) is 8.57. The molecular weight excluding hydrogens is 342 g/mol. The Balaban J connectivity index is 1.57. The lowest BCUT2D eigenvalue weighted by atomic mass is 10.1. The average molecular weight is 363 g/mol. The predicted molar refractivity (Wildman–Crippen MR) is 106 cm³/mol. The highest BCUT2D eigenvalue weighted by Crippen LogP contribution is 2.18. The maximum absolute atomic E-state index is 12.2. The standard InChI is InChI=1S/C21H21N3O3/c1-14-8-9-15(2)18(11-14)24-20(25)13-22-16-5-3-6-17(12-16)23-21(26)19-7-4-10-27-19/h3-12,22H,13H2,1-2H3,(H,23,26)(H,24,25). The second-order valence-electron chi connectivity index (χ2n) is 6.23. The number of rotatable bonds is 6. The van der Waals surface area contributed by atoms with E-state index in [4.69, 9.17) is 4.42 Å². The minimum atomic E-state index is -0.329. The first-order chi connectivity index (χ1) is 13.0. The van der Waals surface area contributed by atoms with Gasteiger partial charge < -0.3 is 20.4 Å². The third kappa shape index (κ3) is 4.98. The molecule has 0 aliphatic carbocycles. The molecule has 0 saturated carbocycles. The van der Waals surface area contributed by atoms with E-state index < -0.39 is 0 Å². The van der Waals surface area contributed by atoms with E-state index in [9.17, 15) is 9.59 Å². The van der Waals surface area contributed by atoms with Gasteiger partial charge in [0.05, 0.1) is 12.8 Å². The molecule has 0 bridgehead atoms. The Labute approximate surface area is 157 Å². The molecule has 0 saturated heterocycles. The molecule has 2 amide bonds. The second-order valence-corrected chi connectivity index (χ2v) is 6.23. The summed E-state index contributed by atoms with van der Waals surface area (Å²) in [6.07, 6.45) is 1.45. The molecule has 0 fully saturated rings.